The highest BCUT2D eigenvalue weighted by molar-refractivity contribution is 7.36. The summed E-state index contributed by atoms with van der Waals surface area (Å²) in [5, 5.41) is 2.57. The number of ether oxygens (including phenoxy) is 3. The predicted octanol–water partition coefficient (Wildman–Crippen LogP) is 8.64. The SMILES string of the molecule is COc1ccc(C2(c3ccc(OC)cc3)C=Cc3ccc4c(sc5c6ccccc6sc45)c3O2)cc1. The van der Waals surface area contributed by atoms with Gasteiger partial charge in [-0.2, -0.15) is 0 Å². The van der Waals surface area contributed by atoms with E-state index in [0.29, 0.717) is 0 Å². The van der Waals surface area contributed by atoms with Gasteiger partial charge in [0.05, 0.1) is 28.3 Å². The standard InChI is InChI=1S/C31H22O3S2/c1-32-22-12-8-20(9-13-22)31(21-10-14-23(33-2)15-11-21)18-17-19-7-16-25-28(27(19)34-31)36-29-24-5-3-4-6-26(24)35-30(25)29/h3-18H,1-2H3. The van der Waals surface area contributed by atoms with Crippen LogP contribution in [-0.4, -0.2) is 14.2 Å². The Kier molecular flexibility index (Phi) is 4.84. The Hall–Kier alpha value is -3.80. The summed E-state index contributed by atoms with van der Waals surface area (Å²) in [6, 6.07) is 29.3. The smallest absolute Gasteiger partial charge is 0.178 e. The van der Waals surface area contributed by atoms with Crippen LogP contribution < -0.4 is 14.2 Å². The molecule has 0 amide bonds. The molecular weight excluding hydrogens is 484 g/mol. The van der Waals surface area contributed by atoms with Gasteiger partial charge in [-0.3, -0.25) is 0 Å². The van der Waals surface area contributed by atoms with Crippen LogP contribution in [0.1, 0.15) is 16.7 Å². The predicted molar refractivity (Wildman–Crippen MR) is 151 cm³/mol. The highest BCUT2D eigenvalue weighted by atomic mass is 32.1. The Morgan fingerprint density at radius 3 is 1.94 bits per heavy atom. The molecule has 0 radical (unpaired) electrons. The summed E-state index contributed by atoms with van der Waals surface area (Å²) in [6.45, 7) is 0. The second kappa shape index (κ2) is 8.12. The van der Waals surface area contributed by atoms with Crippen molar-refractivity contribution < 1.29 is 14.2 Å². The molecule has 0 aliphatic carbocycles. The maximum absolute atomic E-state index is 7.11. The average molecular weight is 507 g/mol. The zero-order chi connectivity index (χ0) is 24.3. The summed E-state index contributed by atoms with van der Waals surface area (Å²) in [7, 11) is 3.37. The van der Waals surface area contributed by atoms with Gasteiger partial charge in [0, 0.05) is 32.2 Å². The van der Waals surface area contributed by atoms with E-state index in [9.17, 15) is 0 Å². The first-order valence-electron chi connectivity index (χ1n) is 11.7. The normalized spacial score (nSPS) is 14.2. The van der Waals surface area contributed by atoms with Gasteiger partial charge in [0.2, 0.25) is 0 Å². The van der Waals surface area contributed by atoms with E-state index in [1.54, 1.807) is 14.2 Å². The van der Waals surface area contributed by atoms with E-state index in [1.165, 1.54) is 29.6 Å². The Labute approximate surface area is 216 Å². The lowest BCUT2D eigenvalue weighted by atomic mass is 9.83. The maximum Gasteiger partial charge on any atom is 0.178 e. The van der Waals surface area contributed by atoms with Crippen LogP contribution in [0, 0.1) is 0 Å². The van der Waals surface area contributed by atoms with Crippen molar-refractivity contribution in [2.75, 3.05) is 14.2 Å². The van der Waals surface area contributed by atoms with Crippen molar-refractivity contribution in [1.82, 2.24) is 0 Å². The van der Waals surface area contributed by atoms with E-state index in [-0.39, 0.29) is 0 Å². The second-order valence-corrected chi connectivity index (χ2v) is 10.9. The zero-order valence-electron chi connectivity index (χ0n) is 19.8. The van der Waals surface area contributed by atoms with Crippen LogP contribution in [0.15, 0.2) is 91.0 Å². The molecule has 36 heavy (non-hydrogen) atoms. The summed E-state index contributed by atoms with van der Waals surface area (Å²) < 4.78 is 23.1. The molecular formula is C31H22O3S2. The van der Waals surface area contributed by atoms with Crippen LogP contribution in [-0.2, 0) is 5.60 Å². The number of hydrogen-bond acceptors (Lipinski definition) is 5. The first-order chi connectivity index (χ1) is 17.7. The third-order valence-corrected chi connectivity index (χ3v) is 9.51. The lowest BCUT2D eigenvalue weighted by Gasteiger charge is -2.36. The van der Waals surface area contributed by atoms with Crippen molar-refractivity contribution in [3.63, 3.8) is 0 Å². The quantitative estimate of drug-likeness (QED) is 0.239. The molecule has 3 nitrogen and oxygen atoms in total. The molecule has 5 heteroatoms. The molecule has 4 aromatic carbocycles. The van der Waals surface area contributed by atoms with Gasteiger partial charge >= 0.3 is 0 Å². The third-order valence-electron chi connectivity index (χ3n) is 6.94. The van der Waals surface area contributed by atoms with Crippen LogP contribution in [0.5, 0.6) is 17.2 Å². The molecule has 3 heterocycles. The summed E-state index contributed by atoms with van der Waals surface area (Å²) in [5.74, 6) is 2.56. The van der Waals surface area contributed by atoms with E-state index in [4.69, 9.17) is 14.2 Å². The van der Waals surface area contributed by atoms with E-state index < -0.39 is 5.60 Å². The summed E-state index contributed by atoms with van der Waals surface area (Å²) in [4.78, 5) is 0. The lowest BCUT2D eigenvalue weighted by molar-refractivity contribution is 0.164. The Morgan fingerprint density at radius 2 is 1.28 bits per heavy atom. The van der Waals surface area contributed by atoms with Crippen LogP contribution in [0.25, 0.3) is 35.6 Å². The fourth-order valence-electron chi connectivity index (χ4n) is 5.05. The largest absolute Gasteiger partial charge is 0.497 e. The highest BCUT2D eigenvalue weighted by Gasteiger charge is 2.38. The van der Waals surface area contributed by atoms with Gasteiger partial charge in [0.25, 0.3) is 0 Å². The van der Waals surface area contributed by atoms with Crippen LogP contribution in [0.2, 0.25) is 0 Å². The van der Waals surface area contributed by atoms with E-state index in [1.807, 2.05) is 46.9 Å². The van der Waals surface area contributed by atoms with Crippen molar-refractivity contribution >= 4 is 58.3 Å². The zero-order valence-corrected chi connectivity index (χ0v) is 21.4. The average Bonchev–Trinajstić information content (AvgIpc) is 3.49. The topological polar surface area (TPSA) is 27.7 Å². The molecule has 0 bridgehead atoms. The fourth-order valence-corrected chi connectivity index (χ4v) is 7.79. The van der Waals surface area contributed by atoms with Gasteiger partial charge in [0.1, 0.15) is 17.2 Å². The molecule has 1 aliphatic heterocycles. The molecule has 176 valence electrons. The highest BCUT2D eigenvalue weighted by Crippen LogP contribution is 2.51. The first-order valence-corrected chi connectivity index (χ1v) is 13.4. The Balaban J connectivity index is 1.46. The molecule has 6 aromatic rings. The molecule has 7 rings (SSSR count). The van der Waals surface area contributed by atoms with Crippen LogP contribution >= 0.6 is 22.7 Å². The number of hydrogen-bond donors (Lipinski definition) is 0. The van der Waals surface area contributed by atoms with Crippen molar-refractivity contribution in [3.8, 4) is 17.2 Å². The van der Waals surface area contributed by atoms with E-state index in [0.717, 1.165) is 33.9 Å². The molecule has 0 saturated carbocycles. The molecule has 0 N–H and O–H groups in total. The molecule has 2 aromatic heterocycles. The number of fused-ring (bicyclic) bond motifs is 7. The number of rotatable bonds is 4. The van der Waals surface area contributed by atoms with Gasteiger partial charge in [0.15, 0.2) is 5.60 Å². The Bertz CT molecular complexity index is 1730. The molecule has 0 unspecified atom stereocenters. The monoisotopic (exact) mass is 506 g/mol. The summed E-state index contributed by atoms with van der Waals surface area (Å²) >= 11 is 3.69. The maximum atomic E-state index is 7.11. The molecule has 0 spiro atoms. The number of thiophene rings is 2. The minimum Gasteiger partial charge on any atom is -0.497 e. The molecule has 0 fully saturated rings. The third kappa shape index (κ3) is 3.10. The van der Waals surface area contributed by atoms with Gasteiger partial charge in [-0.1, -0.05) is 60.7 Å². The lowest BCUT2D eigenvalue weighted by Crippen LogP contribution is -2.34. The molecule has 0 atom stereocenters. The fraction of sp³-hybridized carbons (Fsp3) is 0.0968. The van der Waals surface area contributed by atoms with Crippen molar-refractivity contribution in [3.05, 3.63) is 108 Å². The minimum absolute atomic E-state index is 0.778. The summed E-state index contributed by atoms with van der Waals surface area (Å²) in [6.07, 6.45) is 4.36. The van der Waals surface area contributed by atoms with Crippen LogP contribution in [0.3, 0.4) is 0 Å². The van der Waals surface area contributed by atoms with E-state index >= 15 is 0 Å². The first kappa shape index (κ1) is 21.5. The van der Waals surface area contributed by atoms with Crippen LogP contribution in [0.4, 0.5) is 0 Å². The van der Waals surface area contributed by atoms with Gasteiger partial charge in [-0.15, -0.1) is 22.7 Å². The van der Waals surface area contributed by atoms with E-state index in [2.05, 4.69) is 72.8 Å². The van der Waals surface area contributed by atoms with Gasteiger partial charge < -0.3 is 14.2 Å². The second-order valence-electron chi connectivity index (χ2n) is 8.85. The Morgan fingerprint density at radius 1 is 0.639 bits per heavy atom. The molecule has 0 saturated heterocycles. The molecule has 1 aliphatic rings. The number of benzene rings is 4. The summed E-state index contributed by atoms with van der Waals surface area (Å²) in [5.41, 5.74) is 2.39. The van der Waals surface area contributed by atoms with Crippen molar-refractivity contribution in [2.24, 2.45) is 0 Å². The van der Waals surface area contributed by atoms with Crippen molar-refractivity contribution in [1.29, 1.82) is 0 Å². The van der Waals surface area contributed by atoms with Gasteiger partial charge in [-0.05, 0) is 36.4 Å². The minimum atomic E-state index is -0.778. The van der Waals surface area contributed by atoms with Crippen molar-refractivity contribution in [2.45, 2.75) is 5.60 Å². The number of methoxy groups -OCH3 is 2. The van der Waals surface area contributed by atoms with Gasteiger partial charge in [-0.25, -0.2) is 0 Å².